The van der Waals surface area contributed by atoms with Crippen molar-refractivity contribution in [3.63, 3.8) is 0 Å². The molecule has 5 heteroatoms. The summed E-state index contributed by atoms with van der Waals surface area (Å²) in [5.74, 6) is -1.02. The van der Waals surface area contributed by atoms with Gasteiger partial charge in [0.05, 0.1) is 29.8 Å². The fourth-order valence-electron chi connectivity index (χ4n) is 1.33. The van der Waals surface area contributed by atoms with Crippen LogP contribution in [0.25, 0.3) is 0 Å². The third-order valence-corrected chi connectivity index (χ3v) is 2.54. The molecular formula is C10H10ClNO3. The first-order chi connectivity index (χ1) is 7.16. The quantitative estimate of drug-likeness (QED) is 0.828. The average Bonchev–Trinajstić information content (AvgIpc) is 2.13. The molecular weight excluding hydrogens is 218 g/mol. The third-order valence-electron chi connectivity index (χ3n) is 2.21. The second kappa shape index (κ2) is 4.08. The van der Waals surface area contributed by atoms with Gasteiger partial charge in [0.1, 0.15) is 0 Å². The maximum Gasteiger partial charge on any atom is 0.337 e. The minimum atomic E-state index is -1.02. The second-order valence-electron chi connectivity index (χ2n) is 3.38. The molecule has 1 heterocycles. The summed E-state index contributed by atoms with van der Waals surface area (Å²) < 4.78 is 5.00. The lowest BCUT2D eigenvalue weighted by atomic mass is 10.1. The first kappa shape index (κ1) is 10.3. The highest BCUT2D eigenvalue weighted by Crippen LogP contribution is 2.21. The zero-order valence-corrected chi connectivity index (χ0v) is 8.62. The molecule has 0 radical (unpaired) electrons. The van der Waals surface area contributed by atoms with Crippen LogP contribution >= 0.6 is 11.6 Å². The van der Waals surface area contributed by atoms with E-state index < -0.39 is 5.97 Å². The van der Waals surface area contributed by atoms with E-state index in [2.05, 4.69) is 5.32 Å². The van der Waals surface area contributed by atoms with E-state index >= 15 is 0 Å². The van der Waals surface area contributed by atoms with Crippen LogP contribution in [0.15, 0.2) is 18.2 Å². The summed E-state index contributed by atoms with van der Waals surface area (Å²) in [5.41, 5.74) is 0.868. The Morgan fingerprint density at radius 2 is 2.27 bits per heavy atom. The van der Waals surface area contributed by atoms with E-state index in [1.165, 1.54) is 6.07 Å². The Morgan fingerprint density at radius 1 is 1.53 bits per heavy atom. The van der Waals surface area contributed by atoms with Crippen molar-refractivity contribution in [2.24, 2.45) is 0 Å². The minimum Gasteiger partial charge on any atom is -0.478 e. The summed E-state index contributed by atoms with van der Waals surface area (Å²) in [6.45, 7) is 1.32. The smallest absolute Gasteiger partial charge is 0.337 e. The molecule has 2 rings (SSSR count). The lowest BCUT2D eigenvalue weighted by Gasteiger charge is -2.27. The number of rotatable bonds is 3. The predicted molar refractivity (Wildman–Crippen MR) is 56.6 cm³/mol. The van der Waals surface area contributed by atoms with Crippen molar-refractivity contribution in [3.8, 4) is 0 Å². The number of hydrogen-bond acceptors (Lipinski definition) is 3. The number of carboxylic acids is 1. The molecule has 0 bridgehead atoms. The van der Waals surface area contributed by atoms with Crippen LogP contribution in [0.1, 0.15) is 10.4 Å². The van der Waals surface area contributed by atoms with Crippen LogP contribution in [0, 0.1) is 0 Å². The largest absolute Gasteiger partial charge is 0.478 e. The van der Waals surface area contributed by atoms with Gasteiger partial charge in [0.2, 0.25) is 0 Å². The topological polar surface area (TPSA) is 58.6 Å². The van der Waals surface area contributed by atoms with Crippen LogP contribution in [0.3, 0.4) is 0 Å². The summed E-state index contributed by atoms with van der Waals surface area (Å²) in [6.07, 6.45) is 0. The minimum absolute atomic E-state index is 0.113. The lowest BCUT2D eigenvalue weighted by Crippen LogP contribution is -2.40. The van der Waals surface area contributed by atoms with E-state index in [1.807, 2.05) is 0 Å². The molecule has 0 aliphatic carbocycles. The molecule has 1 saturated heterocycles. The highest BCUT2D eigenvalue weighted by molar-refractivity contribution is 6.33. The Bertz CT molecular complexity index is 390. The van der Waals surface area contributed by atoms with Gasteiger partial charge in [-0.2, -0.15) is 0 Å². The second-order valence-corrected chi connectivity index (χ2v) is 3.79. The zero-order chi connectivity index (χ0) is 10.8. The van der Waals surface area contributed by atoms with Crippen LogP contribution in [0.2, 0.25) is 5.02 Å². The fourth-order valence-corrected chi connectivity index (χ4v) is 1.53. The molecule has 1 aromatic carbocycles. The van der Waals surface area contributed by atoms with Crippen molar-refractivity contribution in [1.82, 2.24) is 0 Å². The van der Waals surface area contributed by atoms with Gasteiger partial charge in [0, 0.05) is 5.69 Å². The van der Waals surface area contributed by atoms with Crippen molar-refractivity contribution in [3.05, 3.63) is 28.8 Å². The van der Waals surface area contributed by atoms with Gasteiger partial charge in [-0.1, -0.05) is 11.6 Å². The van der Waals surface area contributed by atoms with E-state index in [4.69, 9.17) is 21.4 Å². The van der Waals surface area contributed by atoms with Gasteiger partial charge in [-0.15, -0.1) is 0 Å². The normalized spacial score (nSPS) is 15.8. The Balaban J connectivity index is 2.17. The van der Waals surface area contributed by atoms with E-state index in [9.17, 15) is 4.79 Å². The number of aromatic carboxylic acids is 1. The molecule has 80 valence electrons. The molecule has 1 aromatic rings. The molecule has 0 saturated carbocycles. The lowest BCUT2D eigenvalue weighted by molar-refractivity contribution is 0.0211. The van der Waals surface area contributed by atoms with Crippen LogP contribution in [-0.4, -0.2) is 30.3 Å². The molecule has 0 aromatic heterocycles. The third kappa shape index (κ3) is 2.22. The van der Waals surface area contributed by atoms with Gasteiger partial charge in [-0.05, 0) is 18.2 Å². The molecule has 0 unspecified atom stereocenters. The van der Waals surface area contributed by atoms with Crippen LogP contribution in [0.4, 0.5) is 5.69 Å². The number of anilines is 1. The predicted octanol–water partition coefficient (Wildman–Crippen LogP) is 1.85. The molecule has 0 atom stereocenters. The monoisotopic (exact) mass is 227 g/mol. The first-order valence-electron chi connectivity index (χ1n) is 4.54. The maximum atomic E-state index is 10.8. The van der Waals surface area contributed by atoms with Gasteiger partial charge >= 0.3 is 5.97 Å². The number of carbonyl (C=O) groups is 1. The van der Waals surface area contributed by atoms with E-state index in [-0.39, 0.29) is 16.6 Å². The van der Waals surface area contributed by atoms with E-state index in [0.29, 0.717) is 13.2 Å². The molecule has 2 N–H and O–H groups in total. The molecule has 15 heavy (non-hydrogen) atoms. The first-order valence-corrected chi connectivity index (χ1v) is 4.92. The van der Waals surface area contributed by atoms with E-state index in [1.54, 1.807) is 12.1 Å². The fraction of sp³-hybridized carbons (Fsp3) is 0.300. The number of nitrogens with one attached hydrogen (secondary N) is 1. The summed E-state index contributed by atoms with van der Waals surface area (Å²) in [5, 5.41) is 12.3. The summed E-state index contributed by atoms with van der Waals surface area (Å²) >= 11 is 5.74. The van der Waals surface area contributed by atoms with Crippen molar-refractivity contribution >= 4 is 23.3 Å². The van der Waals surface area contributed by atoms with Gasteiger partial charge in [0.15, 0.2) is 0 Å². The molecule has 1 aliphatic rings. The van der Waals surface area contributed by atoms with Crippen LogP contribution in [-0.2, 0) is 4.74 Å². The average molecular weight is 228 g/mol. The zero-order valence-electron chi connectivity index (χ0n) is 7.87. The maximum absolute atomic E-state index is 10.8. The molecule has 0 spiro atoms. The standard InChI is InChI=1S/C10H10ClNO3/c11-9-2-1-6(3-8(9)10(13)14)12-7-4-15-5-7/h1-3,7,12H,4-5H2,(H,13,14). The highest BCUT2D eigenvalue weighted by Gasteiger charge is 2.18. The summed E-state index contributed by atoms with van der Waals surface area (Å²) in [7, 11) is 0. The van der Waals surface area contributed by atoms with E-state index in [0.717, 1.165) is 5.69 Å². The highest BCUT2D eigenvalue weighted by atomic mass is 35.5. The van der Waals surface area contributed by atoms with Crippen molar-refractivity contribution < 1.29 is 14.6 Å². The number of halogens is 1. The van der Waals surface area contributed by atoms with Crippen LogP contribution < -0.4 is 5.32 Å². The Hall–Kier alpha value is -1.26. The number of hydrogen-bond donors (Lipinski definition) is 2. The Labute approximate surface area is 91.8 Å². The molecule has 0 amide bonds. The number of carboxylic acid groups (broad SMARTS) is 1. The van der Waals surface area contributed by atoms with Gasteiger partial charge in [0.25, 0.3) is 0 Å². The number of ether oxygens (including phenoxy) is 1. The van der Waals surface area contributed by atoms with Gasteiger partial charge < -0.3 is 15.2 Å². The van der Waals surface area contributed by atoms with Crippen molar-refractivity contribution in [2.45, 2.75) is 6.04 Å². The SMILES string of the molecule is O=C(O)c1cc(NC2COC2)ccc1Cl. The summed E-state index contributed by atoms with van der Waals surface area (Å²) in [4.78, 5) is 10.8. The number of benzene rings is 1. The molecule has 4 nitrogen and oxygen atoms in total. The van der Waals surface area contributed by atoms with Crippen molar-refractivity contribution in [1.29, 1.82) is 0 Å². The molecule has 1 fully saturated rings. The van der Waals surface area contributed by atoms with Gasteiger partial charge in [-0.3, -0.25) is 0 Å². The van der Waals surface area contributed by atoms with Crippen molar-refractivity contribution in [2.75, 3.05) is 18.5 Å². The van der Waals surface area contributed by atoms with Crippen LogP contribution in [0.5, 0.6) is 0 Å². The molecule has 1 aliphatic heterocycles. The Morgan fingerprint density at radius 3 is 2.80 bits per heavy atom. The van der Waals surface area contributed by atoms with Gasteiger partial charge in [-0.25, -0.2) is 4.79 Å². The Kier molecular flexibility index (Phi) is 2.79. The summed E-state index contributed by atoms with van der Waals surface area (Å²) in [6, 6.07) is 5.14.